The Morgan fingerprint density at radius 1 is 1.03 bits per heavy atom. The van der Waals surface area contributed by atoms with E-state index in [-0.39, 0.29) is 23.1 Å². The van der Waals surface area contributed by atoms with E-state index in [0.717, 1.165) is 24.5 Å². The molecule has 2 aromatic rings. The molecule has 1 unspecified atom stereocenters. The highest BCUT2D eigenvalue weighted by Crippen LogP contribution is 2.22. The van der Waals surface area contributed by atoms with E-state index < -0.39 is 6.04 Å². The average Bonchev–Trinajstić information content (AvgIpc) is 2.77. The fraction of sp³-hybridized carbons (Fsp3) is 0.480. The number of ether oxygens (including phenoxy) is 1. The summed E-state index contributed by atoms with van der Waals surface area (Å²) < 4.78 is 5.37. The monoisotopic (exact) mass is 438 g/mol. The number of amides is 2. The molecule has 7 nitrogen and oxygen atoms in total. The SMILES string of the molecule is CC(C)C(NC(=O)c1ccc(C(C)(C)C)cc1)C(=O)Nc1ccc(N2CCOCC2)nc1. The van der Waals surface area contributed by atoms with Crippen LogP contribution in [0.2, 0.25) is 0 Å². The van der Waals surface area contributed by atoms with Gasteiger partial charge in [0.15, 0.2) is 0 Å². The Morgan fingerprint density at radius 2 is 1.69 bits per heavy atom. The first-order valence-electron chi connectivity index (χ1n) is 11.2. The fourth-order valence-electron chi connectivity index (χ4n) is 3.54. The molecule has 0 spiro atoms. The number of nitrogens with one attached hydrogen (secondary N) is 2. The first-order chi connectivity index (χ1) is 15.1. The molecule has 1 atom stereocenters. The highest BCUT2D eigenvalue weighted by atomic mass is 16.5. The van der Waals surface area contributed by atoms with E-state index in [0.29, 0.717) is 24.5 Å². The van der Waals surface area contributed by atoms with Crippen molar-refractivity contribution in [1.82, 2.24) is 10.3 Å². The van der Waals surface area contributed by atoms with E-state index >= 15 is 0 Å². The van der Waals surface area contributed by atoms with E-state index in [1.54, 1.807) is 18.3 Å². The van der Waals surface area contributed by atoms with Crippen molar-refractivity contribution in [2.75, 3.05) is 36.5 Å². The summed E-state index contributed by atoms with van der Waals surface area (Å²) in [7, 11) is 0. The van der Waals surface area contributed by atoms with Gasteiger partial charge in [-0.3, -0.25) is 9.59 Å². The summed E-state index contributed by atoms with van der Waals surface area (Å²) in [6.07, 6.45) is 1.65. The molecule has 2 heterocycles. The Hall–Kier alpha value is -2.93. The van der Waals surface area contributed by atoms with Crippen LogP contribution in [-0.4, -0.2) is 49.1 Å². The summed E-state index contributed by atoms with van der Waals surface area (Å²) in [5.74, 6) is 0.257. The van der Waals surface area contributed by atoms with Gasteiger partial charge >= 0.3 is 0 Å². The summed E-state index contributed by atoms with van der Waals surface area (Å²) in [4.78, 5) is 32.3. The molecule has 2 N–H and O–H groups in total. The van der Waals surface area contributed by atoms with Crippen LogP contribution in [0.25, 0.3) is 0 Å². The topological polar surface area (TPSA) is 83.6 Å². The van der Waals surface area contributed by atoms with Gasteiger partial charge in [0, 0.05) is 18.7 Å². The standard InChI is InChI=1S/C25H34N4O3/c1-17(2)22(28-23(30)18-6-8-19(9-7-18)25(3,4)5)24(31)27-20-10-11-21(26-16-20)29-12-14-32-15-13-29/h6-11,16-17,22H,12-15H2,1-5H3,(H,27,31)(H,28,30). The van der Waals surface area contributed by atoms with Crippen LogP contribution in [0.4, 0.5) is 11.5 Å². The Balaban J connectivity index is 1.63. The molecule has 0 radical (unpaired) electrons. The summed E-state index contributed by atoms with van der Waals surface area (Å²) >= 11 is 0. The Kier molecular flexibility index (Phi) is 7.51. The van der Waals surface area contributed by atoms with E-state index in [9.17, 15) is 9.59 Å². The number of nitrogens with zero attached hydrogens (tertiary/aromatic N) is 2. The summed E-state index contributed by atoms with van der Waals surface area (Å²) in [5.41, 5.74) is 2.30. The van der Waals surface area contributed by atoms with Gasteiger partial charge in [0.05, 0.1) is 25.1 Å². The number of anilines is 2. The lowest BCUT2D eigenvalue weighted by atomic mass is 9.86. The lowest BCUT2D eigenvalue weighted by molar-refractivity contribution is -0.118. The first-order valence-corrected chi connectivity index (χ1v) is 11.2. The lowest BCUT2D eigenvalue weighted by Gasteiger charge is -2.27. The average molecular weight is 439 g/mol. The van der Waals surface area contributed by atoms with Crippen LogP contribution in [0, 0.1) is 5.92 Å². The van der Waals surface area contributed by atoms with Crippen molar-refractivity contribution < 1.29 is 14.3 Å². The molecule has 1 fully saturated rings. The fourth-order valence-corrected chi connectivity index (χ4v) is 3.54. The van der Waals surface area contributed by atoms with Crippen LogP contribution >= 0.6 is 0 Å². The van der Waals surface area contributed by atoms with E-state index in [1.807, 2.05) is 38.1 Å². The largest absolute Gasteiger partial charge is 0.378 e. The van der Waals surface area contributed by atoms with Gasteiger partial charge in [0.25, 0.3) is 5.91 Å². The van der Waals surface area contributed by atoms with Gasteiger partial charge in [-0.25, -0.2) is 4.98 Å². The molecular formula is C25H34N4O3. The van der Waals surface area contributed by atoms with Crippen LogP contribution in [0.1, 0.15) is 50.5 Å². The molecule has 3 rings (SSSR count). The van der Waals surface area contributed by atoms with Gasteiger partial charge < -0.3 is 20.3 Å². The molecule has 2 amide bonds. The molecule has 1 aliphatic heterocycles. The van der Waals surface area contributed by atoms with Crippen LogP contribution in [0.3, 0.4) is 0 Å². The van der Waals surface area contributed by atoms with E-state index in [1.165, 1.54) is 0 Å². The Labute approximate surface area is 190 Å². The van der Waals surface area contributed by atoms with Crippen molar-refractivity contribution in [3.63, 3.8) is 0 Å². The third-order valence-corrected chi connectivity index (χ3v) is 5.60. The molecule has 32 heavy (non-hydrogen) atoms. The van der Waals surface area contributed by atoms with Gasteiger partial charge in [-0.2, -0.15) is 0 Å². The highest BCUT2D eigenvalue weighted by molar-refractivity contribution is 6.01. The molecule has 0 aliphatic carbocycles. The summed E-state index contributed by atoms with van der Waals surface area (Å²) in [6.45, 7) is 13.2. The van der Waals surface area contributed by atoms with E-state index in [4.69, 9.17) is 4.74 Å². The Bertz CT molecular complexity index is 912. The number of hydrogen-bond donors (Lipinski definition) is 2. The minimum Gasteiger partial charge on any atom is -0.378 e. The molecule has 1 aliphatic rings. The van der Waals surface area contributed by atoms with Crippen LogP contribution in [-0.2, 0) is 14.9 Å². The highest BCUT2D eigenvalue weighted by Gasteiger charge is 2.25. The van der Waals surface area contributed by atoms with Crippen molar-refractivity contribution in [3.05, 3.63) is 53.7 Å². The maximum Gasteiger partial charge on any atom is 0.251 e. The van der Waals surface area contributed by atoms with Crippen molar-refractivity contribution in [2.24, 2.45) is 5.92 Å². The number of aromatic nitrogens is 1. The van der Waals surface area contributed by atoms with E-state index in [2.05, 4.69) is 41.3 Å². The third-order valence-electron chi connectivity index (χ3n) is 5.60. The molecule has 1 aromatic carbocycles. The second-order valence-corrected chi connectivity index (χ2v) is 9.52. The quantitative estimate of drug-likeness (QED) is 0.720. The Morgan fingerprint density at radius 3 is 2.22 bits per heavy atom. The van der Waals surface area contributed by atoms with Gasteiger partial charge in [0.1, 0.15) is 11.9 Å². The lowest BCUT2D eigenvalue weighted by Crippen LogP contribution is -2.47. The maximum atomic E-state index is 12.9. The molecule has 1 saturated heterocycles. The third kappa shape index (κ3) is 6.07. The second kappa shape index (κ2) is 10.1. The number of morpholine rings is 1. The number of pyridine rings is 1. The molecule has 0 saturated carbocycles. The predicted octanol–water partition coefficient (Wildman–Crippen LogP) is 3.61. The minimum atomic E-state index is -0.663. The van der Waals surface area contributed by atoms with Gasteiger partial charge in [-0.1, -0.05) is 46.8 Å². The molecular weight excluding hydrogens is 404 g/mol. The van der Waals surface area contributed by atoms with Gasteiger partial charge in [0.2, 0.25) is 5.91 Å². The van der Waals surface area contributed by atoms with Crippen molar-refractivity contribution in [2.45, 2.75) is 46.1 Å². The number of carbonyl (C=O) groups is 2. The van der Waals surface area contributed by atoms with Crippen molar-refractivity contribution in [3.8, 4) is 0 Å². The number of rotatable bonds is 6. The smallest absolute Gasteiger partial charge is 0.251 e. The molecule has 0 bridgehead atoms. The molecule has 7 heteroatoms. The maximum absolute atomic E-state index is 12.9. The van der Waals surface area contributed by atoms with Gasteiger partial charge in [-0.05, 0) is 41.2 Å². The summed E-state index contributed by atoms with van der Waals surface area (Å²) in [5, 5.41) is 5.76. The zero-order chi connectivity index (χ0) is 23.3. The second-order valence-electron chi connectivity index (χ2n) is 9.52. The molecule has 1 aromatic heterocycles. The normalized spacial score (nSPS) is 15.4. The zero-order valence-electron chi connectivity index (χ0n) is 19.6. The summed E-state index contributed by atoms with van der Waals surface area (Å²) in [6, 6.07) is 10.6. The minimum absolute atomic E-state index is 0.0146. The first kappa shape index (κ1) is 23.7. The van der Waals surface area contributed by atoms with Crippen molar-refractivity contribution >= 4 is 23.3 Å². The molecule has 172 valence electrons. The number of benzene rings is 1. The zero-order valence-corrected chi connectivity index (χ0v) is 19.6. The predicted molar refractivity (Wildman–Crippen MR) is 127 cm³/mol. The van der Waals surface area contributed by atoms with Crippen LogP contribution in [0.5, 0.6) is 0 Å². The van der Waals surface area contributed by atoms with Crippen LogP contribution < -0.4 is 15.5 Å². The van der Waals surface area contributed by atoms with Crippen molar-refractivity contribution in [1.29, 1.82) is 0 Å². The number of carbonyl (C=O) groups excluding carboxylic acids is 2. The van der Waals surface area contributed by atoms with Crippen LogP contribution in [0.15, 0.2) is 42.6 Å². The van der Waals surface area contributed by atoms with Gasteiger partial charge in [-0.15, -0.1) is 0 Å². The number of hydrogen-bond acceptors (Lipinski definition) is 5.